The van der Waals surface area contributed by atoms with E-state index in [1.54, 1.807) is 18.3 Å². The second-order valence-corrected chi connectivity index (χ2v) is 8.48. The minimum absolute atomic E-state index is 0.179. The number of rotatable bonds is 7. The Hall–Kier alpha value is -2.80. The van der Waals surface area contributed by atoms with Gasteiger partial charge in [-0.15, -0.1) is 0 Å². The lowest BCUT2D eigenvalue weighted by Crippen LogP contribution is -2.20. The van der Waals surface area contributed by atoms with E-state index in [2.05, 4.69) is 15.1 Å². The van der Waals surface area contributed by atoms with Crippen LogP contribution in [0.1, 0.15) is 11.1 Å². The van der Waals surface area contributed by atoms with E-state index < -0.39 is 0 Å². The second-order valence-electron chi connectivity index (χ2n) is 6.70. The summed E-state index contributed by atoms with van der Waals surface area (Å²) in [6.07, 6.45) is 1.56. The Morgan fingerprint density at radius 3 is 2.71 bits per heavy atom. The summed E-state index contributed by atoms with van der Waals surface area (Å²) in [4.78, 5) is 17.0. The molecule has 8 heteroatoms. The van der Waals surface area contributed by atoms with Gasteiger partial charge < -0.3 is 4.57 Å². The average Bonchev–Trinajstić information content (AvgIpc) is 3.11. The van der Waals surface area contributed by atoms with Crippen LogP contribution in [0.4, 0.5) is 0 Å². The number of carbonyl (C=O) groups excluding carboxylic acids is 1. The van der Waals surface area contributed by atoms with Crippen molar-refractivity contribution >= 4 is 58.1 Å². The van der Waals surface area contributed by atoms with Crippen LogP contribution in [0.25, 0.3) is 11.0 Å². The zero-order valence-electron chi connectivity index (χ0n) is 16.3. The molecular formula is C23H18Cl2N4OS. The number of imidazole rings is 1. The molecule has 0 spiro atoms. The Morgan fingerprint density at radius 1 is 1.06 bits per heavy atom. The quantitative estimate of drug-likeness (QED) is 0.217. The lowest BCUT2D eigenvalue weighted by atomic mass is 10.2. The van der Waals surface area contributed by atoms with Crippen LogP contribution in [0.3, 0.4) is 0 Å². The molecule has 0 aliphatic rings. The van der Waals surface area contributed by atoms with E-state index >= 15 is 0 Å². The first-order valence-corrected chi connectivity index (χ1v) is 11.2. The van der Waals surface area contributed by atoms with E-state index in [0.717, 1.165) is 27.3 Å². The van der Waals surface area contributed by atoms with Gasteiger partial charge in [0.25, 0.3) is 5.91 Å². The van der Waals surface area contributed by atoms with Crippen molar-refractivity contribution in [3.8, 4) is 0 Å². The van der Waals surface area contributed by atoms with Gasteiger partial charge in [-0.25, -0.2) is 10.4 Å². The largest absolute Gasteiger partial charge is 0.314 e. The lowest BCUT2D eigenvalue weighted by molar-refractivity contribution is -0.118. The first-order valence-electron chi connectivity index (χ1n) is 9.49. The average molecular weight is 469 g/mol. The summed E-state index contributed by atoms with van der Waals surface area (Å²) in [5.41, 5.74) is 6.20. The first kappa shape index (κ1) is 21.4. The fourth-order valence-electron chi connectivity index (χ4n) is 3.04. The van der Waals surface area contributed by atoms with Crippen LogP contribution in [-0.4, -0.2) is 27.4 Å². The standard InChI is InChI=1S/C23H18Cl2N4OS/c24-18-8-5-6-16(12-18)13-26-28-22(30)15-31-23-27-20-10-3-4-11-21(20)29(23)14-17-7-1-2-9-19(17)25/h1-13H,14-15H2,(H,28,30)/b26-13-. The summed E-state index contributed by atoms with van der Waals surface area (Å²) in [5, 5.41) is 6.06. The molecule has 0 aliphatic carbocycles. The number of thioether (sulfide) groups is 1. The molecule has 5 nitrogen and oxygen atoms in total. The maximum atomic E-state index is 12.3. The molecule has 0 aliphatic heterocycles. The van der Waals surface area contributed by atoms with Crippen LogP contribution in [-0.2, 0) is 11.3 Å². The zero-order valence-corrected chi connectivity index (χ0v) is 18.7. The van der Waals surface area contributed by atoms with Crippen molar-refractivity contribution in [1.82, 2.24) is 15.0 Å². The number of carbonyl (C=O) groups is 1. The van der Waals surface area contributed by atoms with Crippen molar-refractivity contribution < 1.29 is 4.79 Å². The van der Waals surface area contributed by atoms with Crippen molar-refractivity contribution in [3.05, 3.63) is 94.0 Å². The fraction of sp³-hybridized carbons (Fsp3) is 0.0870. The van der Waals surface area contributed by atoms with Crippen molar-refractivity contribution in [1.29, 1.82) is 0 Å². The van der Waals surface area contributed by atoms with Gasteiger partial charge in [0, 0.05) is 10.0 Å². The SMILES string of the molecule is O=C(CSc1nc2ccccc2n1Cc1ccccc1Cl)N/N=C\c1cccc(Cl)c1. The Bertz CT molecular complexity index is 1260. The summed E-state index contributed by atoms with van der Waals surface area (Å²) >= 11 is 13.7. The van der Waals surface area contributed by atoms with Crippen molar-refractivity contribution in [3.63, 3.8) is 0 Å². The Labute approximate surface area is 194 Å². The maximum Gasteiger partial charge on any atom is 0.250 e. The van der Waals surface area contributed by atoms with Gasteiger partial charge in [-0.2, -0.15) is 5.10 Å². The molecule has 4 rings (SSSR count). The monoisotopic (exact) mass is 468 g/mol. The molecule has 0 fully saturated rings. The Balaban J connectivity index is 1.46. The van der Waals surface area contributed by atoms with Crippen LogP contribution in [0, 0.1) is 0 Å². The molecule has 0 bridgehead atoms. The number of amides is 1. The van der Waals surface area contributed by atoms with Crippen molar-refractivity contribution in [2.45, 2.75) is 11.7 Å². The Kier molecular flexibility index (Phi) is 6.92. The number of benzene rings is 3. The van der Waals surface area contributed by atoms with E-state index in [9.17, 15) is 4.79 Å². The van der Waals surface area contributed by atoms with Crippen LogP contribution >= 0.6 is 35.0 Å². The highest BCUT2D eigenvalue weighted by Gasteiger charge is 2.14. The van der Waals surface area contributed by atoms with E-state index in [4.69, 9.17) is 28.2 Å². The molecule has 1 N–H and O–H groups in total. The molecule has 1 heterocycles. The molecule has 1 amide bonds. The van der Waals surface area contributed by atoms with E-state index in [0.29, 0.717) is 16.6 Å². The van der Waals surface area contributed by atoms with Crippen LogP contribution < -0.4 is 5.43 Å². The number of para-hydroxylation sites is 2. The third-order valence-corrected chi connectivity index (χ3v) is 6.07. The highest BCUT2D eigenvalue weighted by molar-refractivity contribution is 7.99. The molecule has 1 aromatic heterocycles. The number of fused-ring (bicyclic) bond motifs is 1. The molecule has 0 radical (unpaired) electrons. The summed E-state index contributed by atoms with van der Waals surface area (Å²) in [5.74, 6) is -0.0433. The number of hydrogen-bond donors (Lipinski definition) is 1. The van der Waals surface area contributed by atoms with Crippen LogP contribution in [0.15, 0.2) is 83.1 Å². The third-order valence-electron chi connectivity index (χ3n) is 4.49. The summed E-state index contributed by atoms with van der Waals surface area (Å²) < 4.78 is 2.07. The van der Waals surface area contributed by atoms with Crippen LogP contribution in [0.5, 0.6) is 0 Å². The van der Waals surface area contributed by atoms with Gasteiger partial charge in [0.1, 0.15) is 0 Å². The number of halogens is 2. The normalized spacial score (nSPS) is 11.3. The predicted molar refractivity (Wildman–Crippen MR) is 128 cm³/mol. The van der Waals surface area contributed by atoms with E-state index in [1.165, 1.54) is 11.8 Å². The highest BCUT2D eigenvalue weighted by Crippen LogP contribution is 2.27. The van der Waals surface area contributed by atoms with E-state index in [1.807, 2.05) is 60.7 Å². The maximum absolute atomic E-state index is 12.3. The minimum atomic E-state index is -0.223. The van der Waals surface area contributed by atoms with Crippen molar-refractivity contribution in [2.24, 2.45) is 5.10 Å². The summed E-state index contributed by atoms with van der Waals surface area (Å²) in [7, 11) is 0. The molecule has 0 saturated carbocycles. The van der Waals surface area contributed by atoms with Gasteiger partial charge in [-0.05, 0) is 41.5 Å². The topological polar surface area (TPSA) is 59.3 Å². The van der Waals surface area contributed by atoms with Gasteiger partial charge >= 0.3 is 0 Å². The first-order chi connectivity index (χ1) is 15.1. The predicted octanol–water partition coefficient (Wildman–Crippen LogP) is 5.63. The second kappa shape index (κ2) is 10.0. The molecule has 31 heavy (non-hydrogen) atoms. The number of hydrazone groups is 1. The number of aromatic nitrogens is 2. The summed E-state index contributed by atoms with van der Waals surface area (Å²) in [6, 6.07) is 22.8. The lowest BCUT2D eigenvalue weighted by Gasteiger charge is -2.10. The smallest absolute Gasteiger partial charge is 0.250 e. The van der Waals surface area contributed by atoms with Gasteiger partial charge in [-0.3, -0.25) is 4.79 Å². The fourth-order valence-corrected chi connectivity index (χ4v) is 4.24. The number of nitrogens with zero attached hydrogens (tertiary/aromatic N) is 3. The molecule has 0 unspecified atom stereocenters. The highest BCUT2D eigenvalue weighted by atomic mass is 35.5. The molecule has 156 valence electrons. The molecule has 0 saturated heterocycles. The van der Waals surface area contributed by atoms with Gasteiger partial charge in [0.2, 0.25) is 0 Å². The molecule has 3 aromatic carbocycles. The number of nitrogens with one attached hydrogen (secondary N) is 1. The van der Waals surface area contributed by atoms with Gasteiger partial charge in [0.15, 0.2) is 5.16 Å². The molecule has 0 atom stereocenters. The van der Waals surface area contributed by atoms with Crippen molar-refractivity contribution in [2.75, 3.05) is 5.75 Å². The van der Waals surface area contributed by atoms with Gasteiger partial charge in [-0.1, -0.05) is 77.4 Å². The zero-order chi connectivity index (χ0) is 21.6. The number of hydrogen-bond acceptors (Lipinski definition) is 4. The molecular weight excluding hydrogens is 451 g/mol. The summed E-state index contributed by atoms with van der Waals surface area (Å²) in [6.45, 7) is 0.567. The Morgan fingerprint density at radius 2 is 1.87 bits per heavy atom. The minimum Gasteiger partial charge on any atom is -0.314 e. The third kappa shape index (κ3) is 5.47. The van der Waals surface area contributed by atoms with Gasteiger partial charge in [0.05, 0.1) is 29.5 Å². The van der Waals surface area contributed by atoms with E-state index in [-0.39, 0.29) is 11.7 Å². The molecule has 4 aromatic rings. The van der Waals surface area contributed by atoms with Crippen LogP contribution in [0.2, 0.25) is 10.0 Å².